The molecule has 23 heavy (non-hydrogen) atoms. The summed E-state index contributed by atoms with van der Waals surface area (Å²) in [5.74, 6) is 0.876. The molecular formula is C16H23N3O4. The van der Waals surface area contributed by atoms with Crippen LogP contribution in [0.15, 0.2) is 18.3 Å². The number of hydrogen-bond acceptors (Lipinski definition) is 5. The van der Waals surface area contributed by atoms with E-state index in [1.54, 1.807) is 6.20 Å². The van der Waals surface area contributed by atoms with Crippen molar-refractivity contribution in [1.82, 2.24) is 9.88 Å². The standard InChI is InChI=1S/C16H23N3O4/c20-16(21)19-8-6-18(7-9-19)14-11-13(4-5-17-14)12-23-15-3-1-2-10-22-15/h4-5,11,15H,1-3,6-10,12H2,(H,20,21). The van der Waals surface area contributed by atoms with Gasteiger partial charge in [-0.15, -0.1) is 0 Å². The van der Waals surface area contributed by atoms with Gasteiger partial charge in [-0.25, -0.2) is 9.78 Å². The van der Waals surface area contributed by atoms with E-state index in [2.05, 4.69) is 9.88 Å². The van der Waals surface area contributed by atoms with Gasteiger partial charge in [-0.05, 0) is 37.0 Å². The van der Waals surface area contributed by atoms with Crippen LogP contribution in [0.5, 0.6) is 0 Å². The molecule has 0 saturated carbocycles. The molecule has 3 rings (SSSR count). The van der Waals surface area contributed by atoms with Crippen LogP contribution in [0.3, 0.4) is 0 Å². The minimum atomic E-state index is -0.854. The first-order valence-corrected chi connectivity index (χ1v) is 8.13. The van der Waals surface area contributed by atoms with E-state index in [1.807, 2.05) is 12.1 Å². The number of anilines is 1. The lowest BCUT2D eigenvalue weighted by molar-refractivity contribution is -0.168. The number of hydrogen-bond donors (Lipinski definition) is 1. The van der Waals surface area contributed by atoms with Crippen molar-refractivity contribution in [3.05, 3.63) is 23.9 Å². The number of pyridine rings is 1. The summed E-state index contributed by atoms with van der Waals surface area (Å²) in [5, 5.41) is 9.00. The molecule has 0 aliphatic carbocycles. The summed E-state index contributed by atoms with van der Waals surface area (Å²) >= 11 is 0. The molecule has 2 saturated heterocycles. The third-order valence-corrected chi connectivity index (χ3v) is 4.26. The largest absolute Gasteiger partial charge is 0.465 e. The molecule has 0 spiro atoms. The van der Waals surface area contributed by atoms with Crippen LogP contribution >= 0.6 is 0 Å². The maximum atomic E-state index is 11.0. The summed E-state index contributed by atoms with van der Waals surface area (Å²) in [6, 6.07) is 3.96. The Balaban J connectivity index is 1.54. The van der Waals surface area contributed by atoms with Crippen molar-refractivity contribution in [2.24, 2.45) is 0 Å². The fourth-order valence-electron chi connectivity index (χ4n) is 2.88. The van der Waals surface area contributed by atoms with Gasteiger partial charge in [0, 0.05) is 39.0 Å². The molecule has 1 unspecified atom stereocenters. The highest BCUT2D eigenvalue weighted by Gasteiger charge is 2.21. The van der Waals surface area contributed by atoms with Gasteiger partial charge in [-0.2, -0.15) is 0 Å². The number of ether oxygens (including phenoxy) is 2. The Morgan fingerprint density at radius 3 is 2.87 bits per heavy atom. The minimum absolute atomic E-state index is 0.0977. The van der Waals surface area contributed by atoms with E-state index >= 15 is 0 Å². The summed E-state index contributed by atoms with van der Waals surface area (Å²) < 4.78 is 11.4. The lowest BCUT2D eigenvalue weighted by Gasteiger charge is -2.34. The van der Waals surface area contributed by atoms with E-state index in [0.29, 0.717) is 32.8 Å². The highest BCUT2D eigenvalue weighted by atomic mass is 16.7. The first-order valence-electron chi connectivity index (χ1n) is 8.13. The molecule has 1 aromatic heterocycles. The van der Waals surface area contributed by atoms with Gasteiger partial charge in [0.2, 0.25) is 0 Å². The van der Waals surface area contributed by atoms with Crippen LogP contribution in [0, 0.1) is 0 Å². The fraction of sp³-hybridized carbons (Fsp3) is 0.625. The molecule has 2 aliphatic rings. The average molecular weight is 321 g/mol. The number of carboxylic acid groups (broad SMARTS) is 1. The molecule has 0 radical (unpaired) electrons. The lowest BCUT2D eigenvalue weighted by Crippen LogP contribution is -2.48. The smallest absolute Gasteiger partial charge is 0.407 e. The molecule has 2 aliphatic heterocycles. The average Bonchev–Trinajstić information content (AvgIpc) is 2.61. The molecule has 3 heterocycles. The van der Waals surface area contributed by atoms with Crippen LogP contribution in [-0.4, -0.2) is 60.2 Å². The first-order chi connectivity index (χ1) is 11.2. The zero-order valence-electron chi connectivity index (χ0n) is 13.2. The first kappa shape index (κ1) is 16.0. The fourth-order valence-corrected chi connectivity index (χ4v) is 2.88. The molecule has 1 atom stereocenters. The van der Waals surface area contributed by atoms with E-state index in [1.165, 1.54) is 4.90 Å². The maximum absolute atomic E-state index is 11.0. The molecule has 2 fully saturated rings. The Bertz CT molecular complexity index is 526. The molecule has 1 amide bonds. The van der Waals surface area contributed by atoms with Crippen LogP contribution in [0.4, 0.5) is 10.6 Å². The second kappa shape index (κ2) is 7.61. The molecule has 7 heteroatoms. The van der Waals surface area contributed by atoms with E-state index in [9.17, 15) is 4.79 Å². The van der Waals surface area contributed by atoms with Crippen molar-refractivity contribution in [2.45, 2.75) is 32.2 Å². The van der Waals surface area contributed by atoms with Gasteiger partial charge >= 0.3 is 6.09 Å². The van der Waals surface area contributed by atoms with Gasteiger partial charge in [0.25, 0.3) is 0 Å². The number of nitrogens with zero attached hydrogens (tertiary/aromatic N) is 3. The summed E-state index contributed by atoms with van der Waals surface area (Å²) in [5.41, 5.74) is 1.06. The van der Waals surface area contributed by atoms with Crippen LogP contribution < -0.4 is 4.90 Å². The topological polar surface area (TPSA) is 75.1 Å². The predicted octanol–water partition coefficient (Wildman–Crippen LogP) is 1.92. The molecule has 0 bridgehead atoms. The number of amides is 1. The monoisotopic (exact) mass is 321 g/mol. The summed E-state index contributed by atoms with van der Waals surface area (Å²) in [6.07, 6.45) is 4.04. The van der Waals surface area contributed by atoms with Crippen molar-refractivity contribution in [1.29, 1.82) is 0 Å². The molecule has 126 valence electrons. The Morgan fingerprint density at radius 1 is 1.35 bits per heavy atom. The third-order valence-electron chi connectivity index (χ3n) is 4.26. The number of rotatable bonds is 4. The quantitative estimate of drug-likeness (QED) is 0.913. The number of carbonyl (C=O) groups is 1. The van der Waals surface area contributed by atoms with Gasteiger partial charge < -0.3 is 24.4 Å². The van der Waals surface area contributed by atoms with E-state index < -0.39 is 6.09 Å². The van der Waals surface area contributed by atoms with Crippen LogP contribution in [-0.2, 0) is 16.1 Å². The molecule has 1 N–H and O–H groups in total. The Labute approximate surface area is 135 Å². The zero-order chi connectivity index (χ0) is 16.1. The Morgan fingerprint density at radius 2 is 2.17 bits per heavy atom. The van der Waals surface area contributed by atoms with Crippen LogP contribution in [0.2, 0.25) is 0 Å². The molecule has 0 aromatic carbocycles. The van der Waals surface area contributed by atoms with E-state index in [4.69, 9.17) is 14.6 Å². The van der Waals surface area contributed by atoms with Crippen molar-refractivity contribution in [3.8, 4) is 0 Å². The molecule has 7 nitrogen and oxygen atoms in total. The van der Waals surface area contributed by atoms with Crippen molar-refractivity contribution in [3.63, 3.8) is 0 Å². The van der Waals surface area contributed by atoms with Gasteiger partial charge in [0.1, 0.15) is 5.82 Å². The molecule has 1 aromatic rings. The van der Waals surface area contributed by atoms with Gasteiger partial charge in [-0.1, -0.05) is 0 Å². The van der Waals surface area contributed by atoms with Crippen LogP contribution in [0.25, 0.3) is 0 Å². The Hall–Kier alpha value is -1.86. The zero-order valence-corrected chi connectivity index (χ0v) is 13.2. The summed E-state index contributed by atoms with van der Waals surface area (Å²) in [4.78, 5) is 18.9. The highest BCUT2D eigenvalue weighted by molar-refractivity contribution is 5.65. The van der Waals surface area contributed by atoms with Gasteiger partial charge in [0.15, 0.2) is 6.29 Å². The second-order valence-electron chi connectivity index (χ2n) is 5.89. The summed E-state index contributed by atoms with van der Waals surface area (Å²) in [6.45, 7) is 3.63. The van der Waals surface area contributed by atoms with Gasteiger partial charge in [0.05, 0.1) is 6.61 Å². The summed E-state index contributed by atoms with van der Waals surface area (Å²) in [7, 11) is 0. The second-order valence-corrected chi connectivity index (χ2v) is 5.89. The van der Waals surface area contributed by atoms with E-state index in [0.717, 1.165) is 37.3 Å². The number of piperazine rings is 1. The van der Waals surface area contributed by atoms with Crippen molar-refractivity contribution >= 4 is 11.9 Å². The maximum Gasteiger partial charge on any atom is 0.407 e. The third kappa shape index (κ3) is 4.33. The van der Waals surface area contributed by atoms with Crippen molar-refractivity contribution in [2.75, 3.05) is 37.7 Å². The molecular weight excluding hydrogens is 298 g/mol. The Kier molecular flexibility index (Phi) is 5.30. The highest BCUT2D eigenvalue weighted by Crippen LogP contribution is 2.18. The number of aromatic nitrogens is 1. The van der Waals surface area contributed by atoms with E-state index in [-0.39, 0.29) is 6.29 Å². The normalized spacial score (nSPS) is 22.2. The SMILES string of the molecule is O=C(O)N1CCN(c2cc(COC3CCCCO3)ccn2)CC1. The van der Waals surface area contributed by atoms with Crippen LogP contribution in [0.1, 0.15) is 24.8 Å². The lowest BCUT2D eigenvalue weighted by atomic mass is 10.2. The minimum Gasteiger partial charge on any atom is -0.465 e. The van der Waals surface area contributed by atoms with Crippen molar-refractivity contribution < 1.29 is 19.4 Å². The van der Waals surface area contributed by atoms with Gasteiger partial charge in [-0.3, -0.25) is 0 Å². The predicted molar refractivity (Wildman–Crippen MR) is 84.4 cm³/mol.